The Morgan fingerprint density at radius 3 is 2.52 bits per heavy atom. The van der Waals surface area contributed by atoms with E-state index in [-0.39, 0.29) is 12.1 Å². The number of likely N-dealkylation sites (tertiary alicyclic amines) is 1. The summed E-state index contributed by atoms with van der Waals surface area (Å²) in [4.78, 5) is 19.2. The fourth-order valence-electron chi connectivity index (χ4n) is 4.63. The van der Waals surface area contributed by atoms with E-state index in [4.69, 9.17) is 15.2 Å². The molecule has 31 heavy (non-hydrogen) atoms. The van der Waals surface area contributed by atoms with E-state index < -0.39 is 5.60 Å². The highest BCUT2D eigenvalue weighted by Crippen LogP contribution is 2.41. The summed E-state index contributed by atoms with van der Waals surface area (Å²) < 4.78 is 11.3. The number of rotatable bonds is 3. The molecule has 6 heteroatoms. The summed E-state index contributed by atoms with van der Waals surface area (Å²) >= 11 is 0. The smallest absolute Gasteiger partial charge is 0.410 e. The number of nitrogen functional groups attached to an aromatic ring is 1. The Labute approximate surface area is 184 Å². The van der Waals surface area contributed by atoms with Crippen molar-refractivity contribution in [2.24, 2.45) is 0 Å². The molecule has 0 bridgehead atoms. The lowest BCUT2D eigenvalue weighted by Gasteiger charge is -2.32. The van der Waals surface area contributed by atoms with Gasteiger partial charge < -0.3 is 20.1 Å². The molecule has 1 atom stereocenters. The Kier molecular flexibility index (Phi) is 6.19. The van der Waals surface area contributed by atoms with Gasteiger partial charge in [-0.25, -0.2) is 9.78 Å². The molecule has 1 amide bonds. The van der Waals surface area contributed by atoms with Gasteiger partial charge >= 0.3 is 6.09 Å². The molecule has 0 spiro atoms. The lowest BCUT2D eigenvalue weighted by Crippen LogP contribution is -2.36. The maximum atomic E-state index is 13.0. The molecule has 0 radical (unpaired) electrons. The minimum atomic E-state index is -0.509. The van der Waals surface area contributed by atoms with Gasteiger partial charge in [-0.15, -0.1) is 0 Å². The minimum absolute atomic E-state index is 0.0226. The third-order valence-corrected chi connectivity index (χ3v) is 6.11. The zero-order chi connectivity index (χ0) is 22.0. The fraction of sp³-hybridized carbons (Fsp3) is 0.520. The maximum absolute atomic E-state index is 13.0. The number of aromatic nitrogens is 1. The number of anilines is 1. The Bertz CT molecular complexity index is 915. The molecule has 1 unspecified atom stereocenters. The van der Waals surface area contributed by atoms with E-state index in [2.05, 4.69) is 23.2 Å². The van der Waals surface area contributed by atoms with Crippen LogP contribution in [0.4, 0.5) is 10.6 Å². The van der Waals surface area contributed by atoms with Crippen molar-refractivity contribution < 1.29 is 14.3 Å². The zero-order valence-corrected chi connectivity index (χ0v) is 18.8. The monoisotopic (exact) mass is 423 g/mol. The number of hydrogen-bond acceptors (Lipinski definition) is 5. The molecule has 1 aromatic carbocycles. The number of amides is 1. The highest BCUT2D eigenvalue weighted by molar-refractivity contribution is 5.70. The Hall–Kier alpha value is -2.60. The van der Waals surface area contributed by atoms with E-state index in [0.29, 0.717) is 11.7 Å². The van der Waals surface area contributed by atoms with E-state index in [0.717, 1.165) is 56.6 Å². The molecule has 2 aromatic rings. The first-order valence-electron chi connectivity index (χ1n) is 11.2. The number of hydrogen-bond donors (Lipinski definition) is 1. The van der Waals surface area contributed by atoms with Crippen molar-refractivity contribution in [1.29, 1.82) is 0 Å². The van der Waals surface area contributed by atoms with Crippen LogP contribution in [0.2, 0.25) is 0 Å². The van der Waals surface area contributed by atoms with Crippen LogP contribution in [0.5, 0.6) is 0 Å². The molecule has 2 aliphatic rings. The van der Waals surface area contributed by atoms with Crippen molar-refractivity contribution in [2.75, 3.05) is 25.5 Å². The topological polar surface area (TPSA) is 77.7 Å². The number of carbonyl (C=O) groups excluding carboxylic acids is 1. The zero-order valence-electron chi connectivity index (χ0n) is 18.8. The standard InChI is InChI=1S/C25H33N3O3/c1-25(2,3)31-24(29)28-12-4-5-22(28)21-15-18(19-7-9-23(26)27-16-19)6-8-20(21)17-10-13-30-14-11-17/h6-9,15-17,22H,4-5,10-14H2,1-3H3,(H2,26,27). The van der Waals surface area contributed by atoms with Crippen molar-refractivity contribution in [1.82, 2.24) is 9.88 Å². The van der Waals surface area contributed by atoms with Crippen LogP contribution < -0.4 is 5.73 Å². The summed E-state index contributed by atoms with van der Waals surface area (Å²) in [5.41, 5.74) is 9.94. The second-order valence-electron chi connectivity index (χ2n) is 9.53. The predicted octanol–water partition coefficient (Wildman–Crippen LogP) is 5.30. The van der Waals surface area contributed by atoms with Gasteiger partial charge in [-0.2, -0.15) is 0 Å². The van der Waals surface area contributed by atoms with Crippen LogP contribution in [-0.2, 0) is 9.47 Å². The Morgan fingerprint density at radius 1 is 1.10 bits per heavy atom. The summed E-state index contributed by atoms with van der Waals surface area (Å²) in [6.07, 6.45) is 5.52. The van der Waals surface area contributed by atoms with Gasteiger partial charge in [-0.3, -0.25) is 0 Å². The Balaban J connectivity index is 1.72. The molecule has 2 N–H and O–H groups in total. The second-order valence-corrected chi connectivity index (χ2v) is 9.53. The minimum Gasteiger partial charge on any atom is -0.444 e. The van der Waals surface area contributed by atoms with Crippen molar-refractivity contribution in [3.63, 3.8) is 0 Å². The largest absolute Gasteiger partial charge is 0.444 e. The molecule has 166 valence electrons. The normalized spacial score (nSPS) is 20.1. The van der Waals surface area contributed by atoms with E-state index in [1.807, 2.05) is 44.0 Å². The molecular formula is C25H33N3O3. The van der Waals surface area contributed by atoms with Crippen LogP contribution in [0.1, 0.15) is 69.5 Å². The van der Waals surface area contributed by atoms with Gasteiger partial charge in [0.1, 0.15) is 11.4 Å². The summed E-state index contributed by atoms with van der Waals surface area (Å²) in [5.74, 6) is 0.957. The number of carbonyl (C=O) groups is 1. The van der Waals surface area contributed by atoms with Crippen molar-refractivity contribution >= 4 is 11.9 Å². The SMILES string of the molecule is CC(C)(C)OC(=O)N1CCCC1c1cc(-c2ccc(N)nc2)ccc1C1CCOCC1. The van der Waals surface area contributed by atoms with Gasteiger partial charge in [0.25, 0.3) is 0 Å². The molecule has 3 heterocycles. The maximum Gasteiger partial charge on any atom is 0.410 e. The lowest BCUT2D eigenvalue weighted by molar-refractivity contribution is 0.0222. The first-order valence-corrected chi connectivity index (χ1v) is 11.2. The fourth-order valence-corrected chi connectivity index (χ4v) is 4.63. The molecule has 1 aromatic heterocycles. The van der Waals surface area contributed by atoms with Crippen molar-refractivity contribution in [3.8, 4) is 11.1 Å². The van der Waals surface area contributed by atoms with Crippen molar-refractivity contribution in [3.05, 3.63) is 47.7 Å². The van der Waals surface area contributed by atoms with E-state index in [1.54, 1.807) is 0 Å². The van der Waals surface area contributed by atoms with Crippen LogP contribution in [0.15, 0.2) is 36.5 Å². The highest BCUT2D eigenvalue weighted by Gasteiger charge is 2.35. The van der Waals surface area contributed by atoms with E-state index >= 15 is 0 Å². The number of benzene rings is 1. The van der Waals surface area contributed by atoms with Gasteiger partial charge in [-0.1, -0.05) is 12.1 Å². The molecule has 2 saturated heterocycles. The first kappa shape index (κ1) is 21.6. The average molecular weight is 424 g/mol. The van der Waals surface area contributed by atoms with Gasteiger partial charge in [0, 0.05) is 31.5 Å². The quantitative estimate of drug-likeness (QED) is 0.725. The second kappa shape index (κ2) is 8.87. The summed E-state index contributed by atoms with van der Waals surface area (Å²) in [5, 5.41) is 0. The number of nitrogens with two attached hydrogens (primary N) is 1. The first-order chi connectivity index (χ1) is 14.8. The molecule has 2 aliphatic heterocycles. The summed E-state index contributed by atoms with van der Waals surface area (Å²) in [7, 11) is 0. The number of nitrogens with zero attached hydrogens (tertiary/aromatic N) is 2. The van der Waals surface area contributed by atoms with Gasteiger partial charge in [0.2, 0.25) is 0 Å². The number of pyridine rings is 1. The number of ether oxygens (including phenoxy) is 2. The van der Waals surface area contributed by atoms with Gasteiger partial charge in [0.05, 0.1) is 6.04 Å². The van der Waals surface area contributed by atoms with Crippen LogP contribution in [0.3, 0.4) is 0 Å². The third-order valence-electron chi connectivity index (χ3n) is 6.11. The molecule has 6 nitrogen and oxygen atoms in total. The average Bonchev–Trinajstić information content (AvgIpc) is 3.23. The van der Waals surface area contributed by atoms with Crippen LogP contribution >= 0.6 is 0 Å². The van der Waals surface area contributed by atoms with Crippen LogP contribution in [0, 0.1) is 0 Å². The van der Waals surface area contributed by atoms with Gasteiger partial charge in [-0.05, 0) is 87.3 Å². The van der Waals surface area contributed by atoms with Crippen LogP contribution in [0.25, 0.3) is 11.1 Å². The molecule has 0 aliphatic carbocycles. The highest BCUT2D eigenvalue weighted by atomic mass is 16.6. The van der Waals surface area contributed by atoms with E-state index in [1.165, 1.54) is 11.1 Å². The van der Waals surface area contributed by atoms with Gasteiger partial charge in [0.15, 0.2) is 0 Å². The van der Waals surface area contributed by atoms with Crippen LogP contribution in [-0.4, -0.2) is 41.3 Å². The molecular weight excluding hydrogens is 390 g/mol. The summed E-state index contributed by atoms with van der Waals surface area (Å²) in [6.45, 7) is 8.04. The molecule has 4 rings (SSSR count). The molecule has 2 fully saturated rings. The predicted molar refractivity (Wildman–Crippen MR) is 122 cm³/mol. The van der Waals surface area contributed by atoms with Crippen molar-refractivity contribution in [2.45, 2.75) is 64.0 Å². The third kappa shape index (κ3) is 5.01. The van der Waals surface area contributed by atoms with E-state index in [9.17, 15) is 4.79 Å². The molecule has 0 saturated carbocycles. The summed E-state index contributed by atoms with van der Waals surface area (Å²) in [6, 6.07) is 10.5. The lowest BCUT2D eigenvalue weighted by atomic mass is 9.84. The Morgan fingerprint density at radius 2 is 1.84 bits per heavy atom.